The predicted octanol–water partition coefficient (Wildman–Crippen LogP) is 2.76. The molecule has 2 heterocycles. The number of hydrogen-bond donors (Lipinski definition) is 3. The Morgan fingerprint density at radius 3 is 2.55 bits per heavy atom. The third-order valence-corrected chi connectivity index (χ3v) is 7.98. The molecule has 4 atom stereocenters. The van der Waals surface area contributed by atoms with E-state index >= 15 is 0 Å². The van der Waals surface area contributed by atoms with E-state index in [0.717, 1.165) is 32.1 Å². The van der Waals surface area contributed by atoms with Gasteiger partial charge in [0.25, 0.3) is 5.91 Å². The molecule has 0 radical (unpaired) electrons. The highest BCUT2D eigenvalue weighted by Gasteiger charge is 2.43. The van der Waals surface area contributed by atoms with Gasteiger partial charge in [0.1, 0.15) is 18.1 Å². The number of likely N-dealkylation sites (tertiary alicyclic amines) is 1. The summed E-state index contributed by atoms with van der Waals surface area (Å²) in [5.74, 6) is -1.96. The Bertz CT molecular complexity index is 1140. The van der Waals surface area contributed by atoms with E-state index in [1.54, 1.807) is 17.9 Å². The summed E-state index contributed by atoms with van der Waals surface area (Å²) in [6.45, 7) is 3.85. The minimum Gasteiger partial charge on any atom is -0.433 e. The van der Waals surface area contributed by atoms with Crippen LogP contribution in [-0.2, 0) is 28.7 Å². The van der Waals surface area contributed by atoms with Crippen molar-refractivity contribution < 1.29 is 33.4 Å². The first-order valence-corrected chi connectivity index (χ1v) is 14.4. The molecule has 0 bridgehead atoms. The number of benzene rings is 1. The van der Waals surface area contributed by atoms with Gasteiger partial charge < -0.3 is 30.3 Å². The molecule has 0 spiro atoms. The number of esters is 1. The van der Waals surface area contributed by atoms with Gasteiger partial charge in [-0.05, 0) is 56.7 Å². The number of halogens is 1. The number of anilines is 1. The Labute approximate surface area is 238 Å². The standard InChI is InChI=1S/C28H37ClN4O7/c1-3-39-28-21(15-23(35)40-28)31-26(37)22-10-7-13-33(22)27(38)24(17-8-5-4-6-9-17)32-25(36)19-12-11-18(14-20(19)29)30-16(2)34/h11-12,14,17,21-22,24,28H,3-10,13,15H2,1-2H3,(H,30,34)(H,31,37)(H,32,36)/t21-,22-,24-,28+/m0/s1. The summed E-state index contributed by atoms with van der Waals surface area (Å²) in [5.41, 5.74) is 0.647. The minimum atomic E-state index is -0.858. The summed E-state index contributed by atoms with van der Waals surface area (Å²) in [7, 11) is 0. The number of amides is 4. The monoisotopic (exact) mass is 576 g/mol. The lowest BCUT2D eigenvalue weighted by Crippen LogP contribution is -2.57. The van der Waals surface area contributed by atoms with Gasteiger partial charge in [-0.25, -0.2) is 0 Å². The molecule has 1 aromatic carbocycles. The van der Waals surface area contributed by atoms with Gasteiger partial charge in [-0.2, -0.15) is 0 Å². The second-order valence-corrected chi connectivity index (χ2v) is 11.0. The number of ether oxygens (including phenoxy) is 2. The van der Waals surface area contributed by atoms with Crippen LogP contribution in [-0.4, -0.2) is 72.1 Å². The average Bonchev–Trinajstić information content (AvgIpc) is 3.54. The van der Waals surface area contributed by atoms with Crippen molar-refractivity contribution in [3.63, 3.8) is 0 Å². The first-order valence-electron chi connectivity index (χ1n) is 14.0. The van der Waals surface area contributed by atoms with Crippen molar-refractivity contribution in [3.8, 4) is 0 Å². The second-order valence-electron chi connectivity index (χ2n) is 10.5. The molecule has 40 heavy (non-hydrogen) atoms. The smallest absolute Gasteiger partial charge is 0.310 e. The predicted molar refractivity (Wildman–Crippen MR) is 146 cm³/mol. The van der Waals surface area contributed by atoms with E-state index in [1.807, 2.05) is 0 Å². The lowest BCUT2D eigenvalue weighted by atomic mass is 9.83. The Kier molecular flexibility index (Phi) is 10.0. The molecule has 4 amide bonds. The number of hydrogen-bond acceptors (Lipinski definition) is 7. The first kappa shape index (κ1) is 29.8. The van der Waals surface area contributed by atoms with Crippen molar-refractivity contribution in [2.75, 3.05) is 18.5 Å². The summed E-state index contributed by atoms with van der Waals surface area (Å²) < 4.78 is 10.6. The van der Waals surface area contributed by atoms with E-state index in [0.29, 0.717) is 31.7 Å². The molecule has 3 fully saturated rings. The molecule has 4 rings (SSSR count). The highest BCUT2D eigenvalue weighted by Crippen LogP contribution is 2.30. The molecule has 12 heteroatoms. The van der Waals surface area contributed by atoms with Crippen LogP contribution in [0, 0.1) is 5.92 Å². The van der Waals surface area contributed by atoms with E-state index < -0.39 is 36.3 Å². The van der Waals surface area contributed by atoms with Crippen LogP contribution in [0.5, 0.6) is 0 Å². The molecule has 1 aromatic rings. The topological polar surface area (TPSA) is 143 Å². The van der Waals surface area contributed by atoms with Crippen molar-refractivity contribution in [2.45, 2.75) is 89.6 Å². The van der Waals surface area contributed by atoms with Gasteiger partial charge in [0.05, 0.1) is 17.0 Å². The molecule has 1 saturated carbocycles. The van der Waals surface area contributed by atoms with Crippen molar-refractivity contribution in [3.05, 3.63) is 28.8 Å². The summed E-state index contributed by atoms with van der Waals surface area (Å²) in [6.07, 6.45) is 4.80. The number of cyclic esters (lactones) is 1. The third kappa shape index (κ3) is 7.11. The molecule has 3 N–H and O–H groups in total. The van der Waals surface area contributed by atoms with Crippen LogP contribution in [0.25, 0.3) is 0 Å². The second kappa shape index (κ2) is 13.5. The number of nitrogens with zero attached hydrogens (tertiary/aromatic N) is 1. The molecule has 0 aromatic heterocycles. The van der Waals surface area contributed by atoms with E-state index in [2.05, 4.69) is 16.0 Å². The fraction of sp³-hybridized carbons (Fsp3) is 0.607. The molecule has 3 aliphatic rings. The highest BCUT2D eigenvalue weighted by atomic mass is 35.5. The van der Waals surface area contributed by atoms with Crippen LogP contribution in [0.2, 0.25) is 5.02 Å². The van der Waals surface area contributed by atoms with Crippen LogP contribution in [0.15, 0.2) is 18.2 Å². The van der Waals surface area contributed by atoms with Crippen LogP contribution in [0.4, 0.5) is 5.69 Å². The Balaban J connectivity index is 1.50. The molecule has 218 valence electrons. The van der Waals surface area contributed by atoms with E-state index in [-0.39, 0.29) is 40.6 Å². The third-order valence-electron chi connectivity index (χ3n) is 7.67. The number of carbonyl (C=O) groups is 5. The largest absolute Gasteiger partial charge is 0.433 e. The van der Waals surface area contributed by atoms with Gasteiger partial charge in [0.2, 0.25) is 24.0 Å². The maximum absolute atomic E-state index is 14.0. The van der Waals surface area contributed by atoms with Crippen LogP contribution < -0.4 is 16.0 Å². The zero-order valence-electron chi connectivity index (χ0n) is 22.9. The first-order chi connectivity index (χ1) is 19.2. The molecule has 1 aliphatic carbocycles. The SMILES string of the molecule is CCO[C@@H]1OC(=O)C[C@@H]1NC(=O)[C@@H]1CCCN1C(=O)[C@@H](NC(=O)c1ccc(NC(C)=O)cc1Cl)C1CCCCC1. The molecule has 11 nitrogen and oxygen atoms in total. The highest BCUT2D eigenvalue weighted by molar-refractivity contribution is 6.34. The fourth-order valence-electron chi connectivity index (χ4n) is 5.78. The lowest BCUT2D eigenvalue weighted by Gasteiger charge is -2.35. The lowest BCUT2D eigenvalue weighted by molar-refractivity contribution is -0.164. The van der Waals surface area contributed by atoms with Gasteiger partial charge in [0, 0.05) is 25.8 Å². The molecule has 2 saturated heterocycles. The minimum absolute atomic E-state index is 0.000679. The normalized spacial score (nSPS) is 23.8. The molecule has 0 unspecified atom stereocenters. The van der Waals surface area contributed by atoms with Gasteiger partial charge in [-0.3, -0.25) is 24.0 Å². The van der Waals surface area contributed by atoms with Crippen molar-refractivity contribution in [2.24, 2.45) is 5.92 Å². The van der Waals surface area contributed by atoms with Crippen LogP contribution >= 0.6 is 11.6 Å². The van der Waals surface area contributed by atoms with Gasteiger partial charge in [-0.1, -0.05) is 30.9 Å². The summed E-state index contributed by atoms with van der Waals surface area (Å²) in [5, 5.41) is 8.54. The summed E-state index contributed by atoms with van der Waals surface area (Å²) >= 11 is 6.37. The molecular weight excluding hydrogens is 540 g/mol. The van der Waals surface area contributed by atoms with Crippen molar-refractivity contribution >= 4 is 46.9 Å². The molecule has 2 aliphatic heterocycles. The summed E-state index contributed by atoms with van der Waals surface area (Å²) in [4.78, 5) is 65.4. The maximum atomic E-state index is 14.0. The quantitative estimate of drug-likeness (QED) is 0.384. The number of carbonyl (C=O) groups excluding carboxylic acids is 5. The van der Waals surface area contributed by atoms with Gasteiger partial charge >= 0.3 is 5.97 Å². The zero-order chi connectivity index (χ0) is 28.8. The average molecular weight is 577 g/mol. The maximum Gasteiger partial charge on any atom is 0.310 e. The van der Waals surface area contributed by atoms with E-state index in [1.165, 1.54) is 19.1 Å². The van der Waals surface area contributed by atoms with E-state index in [9.17, 15) is 24.0 Å². The van der Waals surface area contributed by atoms with Crippen molar-refractivity contribution in [1.82, 2.24) is 15.5 Å². The fourth-order valence-corrected chi connectivity index (χ4v) is 6.04. The van der Waals surface area contributed by atoms with Gasteiger partial charge in [0.15, 0.2) is 0 Å². The zero-order valence-corrected chi connectivity index (χ0v) is 23.6. The summed E-state index contributed by atoms with van der Waals surface area (Å²) in [6, 6.07) is 2.40. The number of nitrogens with one attached hydrogen (secondary N) is 3. The Morgan fingerprint density at radius 1 is 1.12 bits per heavy atom. The van der Waals surface area contributed by atoms with Crippen molar-refractivity contribution in [1.29, 1.82) is 0 Å². The van der Waals surface area contributed by atoms with Gasteiger partial charge in [-0.15, -0.1) is 0 Å². The molecular formula is C28H37ClN4O7. The van der Waals surface area contributed by atoms with E-state index in [4.69, 9.17) is 21.1 Å². The Hall–Kier alpha value is -3.18. The Morgan fingerprint density at radius 2 is 1.88 bits per heavy atom. The number of rotatable bonds is 9. The van der Waals surface area contributed by atoms with Crippen LogP contribution in [0.1, 0.15) is 75.6 Å². The van der Waals surface area contributed by atoms with Crippen LogP contribution in [0.3, 0.4) is 0 Å².